The molecule has 2 aromatic rings. The quantitative estimate of drug-likeness (QED) is 0.682. The van der Waals surface area contributed by atoms with E-state index in [4.69, 9.17) is 14.6 Å². The van der Waals surface area contributed by atoms with Crippen LogP contribution in [0.5, 0.6) is 11.5 Å². The van der Waals surface area contributed by atoms with Gasteiger partial charge < -0.3 is 24.8 Å². The first-order chi connectivity index (χ1) is 12.9. The number of amides is 2. The summed E-state index contributed by atoms with van der Waals surface area (Å²) in [6.07, 6.45) is 0.182. The first kappa shape index (κ1) is 18.5. The molecular weight excluding hydrogens is 354 g/mol. The average molecular weight is 375 g/mol. The van der Waals surface area contributed by atoms with Crippen molar-refractivity contribution in [3.63, 3.8) is 0 Å². The van der Waals surface area contributed by atoms with Gasteiger partial charge in [-0.15, -0.1) is 0 Å². The van der Waals surface area contributed by atoms with Crippen molar-refractivity contribution in [1.29, 1.82) is 0 Å². The number of benzene rings is 1. The SMILES string of the molecule is COc1ccc(CN2C(=O)[C@@H](NC(=O)O)[C@H]2Cn2ncnc2C)c(OC)c1. The summed E-state index contributed by atoms with van der Waals surface area (Å²) in [5, 5.41) is 15.4. The van der Waals surface area contributed by atoms with E-state index in [0.29, 0.717) is 23.9 Å². The smallest absolute Gasteiger partial charge is 0.405 e. The van der Waals surface area contributed by atoms with Crippen molar-refractivity contribution in [3.05, 3.63) is 35.9 Å². The summed E-state index contributed by atoms with van der Waals surface area (Å²) < 4.78 is 12.2. The number of carbonyl (C=O) groups excluding carboxylic acids is 1. The number of β-lactam (4-membered cyclic amide) rings is 1. The minimum atomic E-state index is -1.24. The van der Waals surface area contributed by atoms with Gasteiger partial charge in [-0.2, -0.15) is 5.10 Å². The summed E-state index contributed by atoms with van der Waals surface area (Å²) in [4.78, 5) is 29.3. The largest absolute Gasteiger partial charge is 0.497 e. The Balaban J connectivity index is 1.83. The average Bonchev–Trinajstić information content (AvgIpc) is 3.07. The molecule has 2 amide bonds. The van der Waals surface area contributed by atoms with E-state index >= 15 is 0 Å². The van der Waals surface area contributed by atoms with Gasteiger partial charge in [0, 0.05) is 18.2 Å². The van der Waals surface area contributed by atoms with Crippen molar-refractivity contribution < 1.29 is 24.2 Å². The van der Waals surface area contributed by atoms with Gasteiger partial charge in [0.15, 0.2) is 0 Å². The van der Waals surface area contributed by atoms with Crippen LogP contribution in [0.2, 0.25) is 0 Å². The van der Waals surface area contributed by atoms with Crippen molar-refractivity contribution >= 4 is 12.0 Å². The van der Waals surface area contributed by atoms with Crippen LogP contribution in [0, 0.1) is 6.92 Å². The number of rotatable bonds is 7. The molecular formula is C17H21N5O5. The van der Waals surface area contributed by atoms with E-state index < -0.39 is 12.1 Å². The fourth-order valence-electron chi connectivity index (χ4n) is 3.14. The Bertz CT molecular complexity index is 852. The Morgan fingerprint density at radius 1 is 1.33 bits per heavy atom. The molecule has 1 aliphatic rings. The molecule has 2 atom stereocenters. The van der Waals surface area contributed by atoms with E-state index in [-0.39, 0.29) is 18.5 Å². The van der Waals surface area contributed by atoms with E-state index in [0.717, 1.165) is 5.56 Å². The third kappa shape index (κ3) is 3.64. The van der Waals surface area contributed by atoms with Crippen LogP contribution in [0.1, 0.15) is 11.4 Å². The first-order valence-corrected chi connectivity index (χ1v) is 8.29. The number of aromatic nitrogens is 3. The second-order valence-electron chi connectivity index (χ2n) is 6.13. The maximum Gasteiger partial charge on any atom is 0.405 e. The molecule has 0 saturated carbocycles. The van der Waals surface area contributed by atoms with Gasteiger partial charge in [-0.3, -0.25) is 4.79 Å². The maximum atomic E-state index is 12.5. The lowest BCUT2D eigenvalue weighted by Crippen LogP contribution is -2.71. The van der Waals surface area contributed by atoms with Crippen LogP contribution in [0.3, 0.4) is 0 Å². The summed E-state index contributed by atoms with van der Waals surface area (Å²) in [5.41, 5.74) is 0.792. The molecule has 1 aromatic heterocycles. The molecule has 0 radical (unpaired) electrons. The van der Waals surface area contributed by atoms with Crippen molar-refractivity contribution in [3.8, 4) is 11.5 Å². The highest BCUT2D eigenvalue weighted by molar-refractivity contribution is 5.92. The van der Waals surface area contributed by atoms with Crippen LogP contribution in [0.4, 0.5) is 4.79 Å². The van der Waals surface area contributed by atoms with Gasteiger partial charge in [-0.05, 0) is 19.1 Å². The minimum absolute atomic E-state index is 0.280. The summed E-state index contributed by atoms with van der Waals surface area (Å²) >= 11 is 0. The topological polar surface area (TPSA) is 119 Å². The number of nitrogens with zero attached hydrogens (tertiary/aromatic N) is 4. The summed E-state index contributed by atoms with van der Waals surface area (Å²) in [6, 6.07) is 4.13. The molecule has 2 N–H and O–H groups in total. The molecule has 0 aliphatic carbocycles. The molecule has 2 heterocycles. The summed E-state index contributed by atoms with van der Waals surface area (Å²) in [7, 11) is 3.10. The van der Waals surface area contributed by atoms with Crippen molar-refractivity contribution in [1.82, 2.24) is 25.0 Å². The predicted molar refractivity (Wildman–Crippen MR) is 93.6 cm³/mol. The zero-order chi connectivity index (χ0) is 19.6. The molecule has 1 fully saturated rings. The monoisotopic (exact) mass is 375 g/mol. The second kappa shape index (κ2) is 7.52. The standard InChI is InChI=1S/C17H21N5O5/c1-10-18-9-19-22(10)8-13-15(20-17(24)25)16(23)21(13)7-11-4-5-12(26-2)6-14(11)27-3/h4-6,9,13,15,20H,7-8H2,1-3H3,(H,24,25)/t13-,15+/m1/s1. The van der Waals surface area contributed by atoms with Gasteiger partial charge in [0.1, 0.15) is 29.7 Å². The fraction of sp³-hybridized carbons (Fsp3) is 0.412. The minimum Gasteiger partial charge on any atom is -0.497 e. The number of aryl methyl sites for hydroxylation is 1. The lowest BCUT2D eigenvalue weighted by Gasteiger charge is -2.46. The Hall–Kier alpha value is -3.30. The van der Waals surface area contributed by atoms with E-state index in [1.54, 1.807) is 42.9 Å². The molecule has 0 spiro atoms. The van der Waals surface area contributed by atoms with Crippen LogP contribution < -0.4 is 14.8 Å². The highest BCUT2D eigenvalue weighted by Gasteiger charge is 2.48. The number of carboxylic acid groups (broad SMARTS) is 1. The zero-order valence-corrected chi connectivity index (χ0v) is 15.2. The molecule has 3 rings (SSSR count). The van der Waals surface area contributed by atoms with Gasteiger partial charge in [-0.25, -0.2) is 14.5 Å². The van der Waals surface area contributed by atoms with E-state index in [1.165, 1.54) is 6.33 Å². The molecule has 1 aliphatic heterocycles. The maximum absolute atomic E-state index is 12.5. The highest BCUT2D eigenvalue weighted by atomic mass is 16.5. The van der Waals surface area contributed by atoms with Gasteiger partial charge in [0.05, 0.1) is 26.8 Å². The number of hydrogen-bond acceptors (Lipinski definition) is 6. The normalized spacial score (nSPS) is 18.8. The molecule has 0 bridgehead atoms. The highest BCUT2D eigenvalue weighted by Crippen LogP contribution is 2.30. The van der Waals surface area contributed by atoms with E-state index in [2.05, 4.69) is 15.4 Å². The molecule has 0 unspecified atom stereocenters. The van der Waals surface area contributed by atoms with E-state index in [1.807, 2.05) is 6.07 Å². The van der Waals surface area contributed by atoms with Crippen molar-refractivity contribution in [2.45, 2.75) is 32.1 Å². The predicted octanol–water partition coefficient (Wildman–Crippen LogP) is 0.651. The third-order valence-corrected chi connectivity index (χ3v) is 4.62. The Morgan fingerprint density at radius 3 is 2.70 bits per heavy atom. The third-order valence-electron chi connectivity index (χ3n) is 4.62. The number of nitrogens with one attached hydrogen (secondary N) is 1. The zero-order valence-electron chi connectivity index (χ0n) is 15.2. The van der Waals surface area contributed by atoms with E-state index in [9.17, 15) is 9.59 Å². The van der Waals surface area contributed by atoms with Crippen LogP contribution >= 0.6 is 0 Å². The number of hydrogen-bond donors (Lipinski definition) is 2. The molecule has 27 heavy (non-hydrogen) atoms. The second-order valence-corrected chi connectivity index (χ2v) is 6.13. The molecule has 1 aromatic carbocycles. The van der Waals surface area contributed by atoms with Crippen LogP contribution in [0.25, 0.3) is 0 Å². The molecule has 10 heteroatoms. The Kier molecular flexibility index (Phi) is 5.15. The van der Waals surface area contributed by atoms with Crippen molar-refractivity contribution in [2.24, 2.45) is 0 Å². The first-order valence-electron chi connectivity index (χ1n) is 8.29. The van der Waals surface area contributed by atoms with Crippen LogP contribution in [-0.4, -0.2) is 63.1 Å². The van der Waals surface area contributed by atoms with Gasteiger partial charge in [0.2, 0.25) is 5.91 Å². The van der Waals surface area contributed by atoms with Gasteiger partial charge in [0.25, 0.3) is 0 Å². The Labute approximate surface area is 155 Å². The van der Waals surface area contributed by atoms with Crippen LogP contribution in [-0.2, 0) is 17.9 Å². The van der Waals surface area contributed by atoms with Gasteiger partial charge >= 0.3 is 6.09 Å². The number of likely N-dealkylation sites (tertiary alicyclic amines) is 1. The fourth-order valence-corrected chi connectivity index (χ4v) is 3.14. The number of ether oxygens (including phenoxy) is 2. The Morgan fingerprint density at radius 2 is 2.11 bits per heavy atom. The van der Waals surface area contributed by atoms with Gasteiger partial charge in [-0.1, -0.05) is 0 Å². The van der Waals surface area contributed by atoms with Crippen LogP contribution in [0.15, 0.2) is 24.5 Å². The summed E-state index contributed by atoms with van der Waals surface area (Å²) in [5.74, 6) is 1.63. The molecule has 144 valence electrons. The van der Waals surface area contributed by atoms with Crippen molar-refractivity contribution in [2.75, 3.05) is 14.2 Å². The lowest BCUT2D eigenvalue weighted by atomic mass is 9.93. The molecule has 1 saturated heterocycles. The molecule has 10 nitrogen and oxygen atoms in total. The number of carbonyl (C=O) groups is 2. The number of methoxy groups -OCH3 is 2. The summed E-state index contributed by atoms with van der Waals surface area (Å²) in [6.45, 7) is 2.41. The lowest BCUT2D eigenvalue weighted by molar-refractivity contribution is -0.153.